The van der Waals surface area contributed by atoms with Crippen LogP contribution in [-0.4, -0.2) is 24.2 Å². The number of rotatable bonds is 3. The largest absolute Gasteiger partial charge is 0.458 e. The van der Waals surface area contributed by atoms with Crippen LogP contribution in [0.4, 0.5) is 5.69 Å². The van der Waals surface area contributed by atoms with Gasteiger partial charge in [-0.3, -0.25) is 4.79 Å². The monoisotopic (exact) mass is 299 g/mol. The summed E-state index contributed by atoms with van der Waals surface area (Å²) in [4.78, 5) is 25.5. The van der Waals surface area contributed by atoms with Gasteiger partial charge in [-0.1, -0.05) is 18.2 Å². The van der Waals surface area contributed by atoms with Crippen LogP contribution in [0.25, 0.3) is 0 Å². The minimum atomic E-state index is -0.742. The molecule has 2 aliphatic heterocycles. The average Bonchev–Trinajstić information content (AvgIpc) is 2.97. The number of anilines is 1. The number of hydrogen-bond acceptors (Lipinski definition) is 4. The number of para-hydroxylation sites is 1. The maximum Gasteiger partial charge on any atom is 0.336 e. The van der Waals surface area contributed by atoms with Gasteiger partial charge in [0.2, 0.25) is 0 Å². The molecule has 5 nitrogen and oxygen atoms in total. The second kappa shape index (κ2) is 5.67. The van der Waals surface area contributed by atoms with Crippen LogP contribution in [0.15, 0.2) is 53.8 Å². The van der Waals surface area contributed by atoms with Gasteiger partial charge in [-0.15, -0.1) is 0 Å². The number of benzene rings is 1. The van der Waals surface area contributed by atoms with Gasteiger partial charge in [0.15, 0.2) is 0 Å². The Labute approximate surface area is 128 Å². The van der Waals surface area contributed by atoms with E-state index in [4.69, 9.17) is 9.47 Å². The number of carbonyl (C=O) groups is 2. The van der Waals surface area contributed by atoms with Gasteiger partial charge in [0, 0.05) is 29.8 Å². The lowest BCUT2D eigenvalue weighted by Crippen LogP contribution is -2.30. The van der Waals surface area contributed by atoms with Crippen LogP contribution in [0.5, 0.6) is 0 Å². The highest BCUT2D eigenvalue weighted by atomic mass is 16.7. The average molecular weight is 299 g/mol. The zero-order valence-electron chi connectivity index (χ0n) is 12.5. The predicted octanol–water partition coefficient (Wildman–Crippen LogP) is 2.54. The molecule has 1 saturated heterocycles. The topological polar surface area (TPSA) is 55.8 Å². The smallest absolute Gasteiger partial charge is 0.336 e. The minimum absolute atomic E-state index is 0.0631. The number of ether oxygens (including phenoxy) is 2. The lowest BCUT2D eigenvalue weighted by molar-refractivity contribution is -0.152. The lowest BCUT2D eigenvalue weighted by atomic mass is 10.2. The highest BCUT2D eigenvalue weighted by molar-refractivity contribution is 6.08. The summed E-state index contributed by atoms with van der Waals surface area (Å²) < 4.78 is 10.4. The number of esters is 1. The van der Waals surface area contributed by atoms with E-state index in [1.165, 1.54) is 6.26 Å². The number of carbonyl (C=O) groups excluding carboxylic acids is 2. The molecule has 0 aliphatic carbocycles. The van der Waals surface area contributed by atoms with Crippen LogP contribution in [-0.2, 0) is 19.1 Å². The van der Waals surface area contributed by atoms with E-state index >= 15 is 0 Å². The van der Waals surface area contributed by atoms with Crippen LogP contribution >= 0.6 is 0 Å². The molecule has 0 spiro atoms. The van der Waals surface area contributed by atoms with Crippen molar-refractivity contribution >= 4 is 17.6 Å². The Hall–Kier alpha value is -2.56. The molecular weight excluding hydrogens is 282 g/mol. The number of nitrogens with zero attached hydrogens (tertiary/aromatic N) is 1. The first-order chi connectivity index (χ1) is 10.6. The molecule has 5 heteroatoms. The second-order valence-corrected chi connectivity index (χ2v) is 5.47. The summed E-state index contributed by atoms with van der Waals surface area (Å²) >= 11 is 0. The molecule has 114 valence electrons. The van der Waals surface area contributed by atoms with E-state index in [2.05, 4.69) is 0 Å². The molecule has 22 heavy (non-hydrogen) atoms. The number of hydrogen-bond donors (Lipinski definition) is 0. The van der Waals surface area contributed by atoms with Crippen molar-refractivity contribution in [1.29, 1.82) is 0 Å². The first-order valence-electron chi connectivity index (χ1n) is 7.19. The predicted molar refractivity (Wildman–Crippen MR) is 80.8 cm³/mol. The van der Waals surface area contributed by atoms with Gasteiger partial charge in [0.25, 0.3) is 12.2 Å². The maximum atomic E-state index is 12.5. The van der Waals surface area contributed by atoms with E-state index in [1.54, 1.807) is 17.9 Å². The van der Waals surface area contributed by atoms with Gasteiger partial charge in [-0.2, -0.15) is 0 Å². The third kappa shape index (κ3) is 2.62. The van der Waals surface area contributed by atoms with Crippen molar-refractivity contribution in [3.8, 4) is 0 Å². The Kier molecular flexibility index (Phi) is 3.71. The summed E-state index contributed by atoms with van der Waals surface area (Å²) in [5.74, 6) is -0.468. The fraction of sp³-hybridized carbons (Fsp3) is 0.294. The molecule has 2 aliphatic rings. The molecule has 2 atom stereocenters. The fourth-order valence-electron chi connectivity index (χ4n) is 2.63. The van der Waals surface area contributed by atoms with Crippen molar-refractivity contribution in [3.63, 3.8) is 0 Å². The molecule has 0 aromatic heterocycles. The summed E-state index contributed by atoms with van der Waals surface area (Å²) in [6.45, 7) is 3.66. The van der Waals surface area contributed by atoms with Crippen molar-refractivity contribution in [1.82, 2.24) is 0 Å². The Morgan fingerprint density at radius 1 is 1.27 bits per heavy atom. The molecule has 1 aromatic carbocycles. The molecule has 0 saturated carbocycles. The van der Waals surface area contributed by atoms with E-state index in [-0.39, 0.29) is 17.9 Å². The third-order valence-corrected chi connectivity index (χ3v) is 3.76. The van der Waals surface area contributed by atoms with E-state index in [0.29, 0.717) is 17.6 Å². The lowest BCUT2D eigenvalue weighted by Gasteiger charge is -2.20. The second-order valence-electron chi connectivity index (χ2n) is 5.47. The summed E-state index contributed by atoms with van der Waals surface area (Å²) in [6.07, 6.45) is 2.86. The normalized spacial score (nSPS) is 26.4. The van der Waals surface area contributed by atoms with Gasteiger partial charge < -0.3 is 14.4 Å². The Bertz CT molecular complexity index is 662. The SMILES string of the molecule is CC1=CC(O/C=C2\CC(C)N(c3ccccc3)C2=O)OC1=O. The molecular formula is C17H17NO4. The van der Waals surface area contributed by atoms with Crippen molar-refractivity contribution in [3.05, 3.63) is 53.8 Å². The molecule has 1 aromatic rings. The standard InChI is InChI=1S/C17H17NO4/c1-11-8-15(22-17(11)20)21-10-13-9-12(2)18(16(13)19)14-6-4-3-5-7-14/h3-8,10,12,15H,9H2,1-2H3/b13-10+. The van der Waals surface area contributed by atoms with Crippen molar-refractivity contribution in [2.75, 3.05) is 4.90 Å². The third-order valence-electron chi connectivity index (χ3n) is 3.76. The van der Waals surface area contributed by atoms with Crippen LogP contribution in [0, 0.1) is 0 Å². The molecule has 2 unspecified atom stereocenters. The van der Waals surface area contributed by atoms with Gasteiger partial charge in [-0.05, 0) is 26.0 Å². The Balaban J connectivity index is 1.73. The van der Waals surface area contributed by atoms with E-state index in [0.717, 1.165) is 5.69 Å². The van der Waals surface area contributed by atoms with Crippen molar-refractivity contribution < 1.29 is 19.1 Å². The first-order valence-corrected chi connectivity index (χ1v) is 7.19. The molecule has 0 radical (unpaired) electrons. The number of cyclic esters (lactones) is 1. The molecule has 0 N–H and O–H groups in total. The quantitative estimate of drug-likeness (QED) is 0.489. The van der Waals surface area contributed by atoms with Crippen molar-refractivity contribution in [2.24, 2.45) is 0 Å². The van der Waals surface area contributed by atoms with Gasteiger partial charge in [0.05, 0.1) is 11.8 Å². The van der Waals surface area contributed by atoms with Crippen LogP contribution < -0.4 is 4.90 Å². The van der Waals surface area contributed by atoms with Crippen molar-refractivity contribution in [2.45, 2.75) is 32.6 Å². The molecule has 3 rings (SSSR count). The zero-order chi connectivity index (χ0) is 15.7. The van der Waals surface area contributed by atoms with E-state index in [9.17, 15) is 9.59 Å². The van der Waals surface area contributed by atoms with Crippen LogP contribution in [0.3, 0.4) is 0 Å². The first kappa shape index (κ1) is 14.4. The maximum absolute atomic E-state index is 12.5. The summed E-state index contributed by atoms with van der Waals surface area (Å²) in [5, 5.41) is 0. The molecule has 1 amide bonds. The van der Waals surface area contributed by atoms with Gasteiger partial charge in [0.1, 0.15) is 0 Å². The molecule has 2 heterocycles. The molecule has 0 bridgehead atoms. The van der Waals surface area contributed by atoms with E-state index in [1.807, 2.05) is 37.3 Å². The van der Waals surface area contributed by atoms with Gasteiger partial charge >= 0.3 is 5.97 Å². The molecule has 1 fully saturated rings. The summed E-state index contributed by atoms with van der Waals surface area (Å²) in [5.41, 5.74) is 1.96. The van der Waals surface area contributed by atoms with Crippen LogP contribution in [0.1, 0.15) is 20.3 Å². The fourth-order valence-corrected chi connectivity index (χ4v) is 2.63. The number of amides is 1. The summed E-state index contributed by atoms with van der Waals surface area (Å²) in [7, 11) is 0. The van der Waals surface area contributed by atoms with Gasteiger partial charge in [-0.25, -0.2) is 4.79 Å². The zero-order valence-corrected chi connectivity index (χ0v) is 12.5. The van der Waals surface area contributed by atoms with E-state index < -0.39 is 6.29 Å². The Morgan fingerprint density at radius 3 is 2.64 bits per heavy atom. The van der Waals surface area contributed by atoms with Crippen LogP contribution in [0.2, 0.25) is 0 Å². The minimum Gasteiger partial charge on any atom is -0.458 e. The highest BCUT2D eigenvalue weighted by Crippen LogP contribution is 2.30. The summed E-state index contributed by atoms with van der Waals surface area (Å²) in [6, 6.07) is 9.59. The Morgan fingerprint density at radius 2 is 2.00 bits per heavy atom. The highest BCUT2D eigenvalue weighted by Gasteiger charge is 2.34.